The van der Waals surface area contributed by atoms with Crippen molar-refractivity contribution in [2.24, 2.45) is 0 Å². The molecule has 1 aromatic heterocycles. The van der Waals surface area contributed by atoms with Crippen molar-refractivity contribution in [3.8, 4) is 0 Å². The Balaban J connectivity index is 1.48. The number of aryl methyl sites for hydroxylation is 1. The summed E-state index contributed by atoms with van der Waals surface area (Å²) in [7, 11) is -3.28. The van der Waals surface area contributed by atoms with Crippen LogP contribution in [0.4, 0.5) is 0 Å². The Morgan fingerprint density at radius 3 is 2.48 bits per heavy atom. The molecule has 1 aliphatic heterocycles. The molecule has 1 aliphatic rings. The second kappa shape index (κ2) is 9.19. The molecule has 1 fully saturated rings. The summed E-state index contributed by atoms with van der Waals surface area (Å²) in [4.78, 5) is 12.2. The topological polar surface area (TPSA) is 79.6 Å². The van der Waals surface area contributed by atoms with E-state index in [1.165, 1.54) is 0 Å². The van der Waals surface area contributed by atoms with Gasteiger partial charge in [-0.2, -0.15) is 0 Å². The van der Waals surface area contributed by atoms with Crippen LogP contribution in [0, 0.1) is 0 Å². The summed E-state index contributed by atoms with van der Waals surface area (Å²) in [5.74, 6) is 0.737. The highest BCUT2D eigenvalue weighted by atomic mass is 32.2. The third-order valence-electron chi connectivity index (χ3n) is 4.74. The Kier molecular flexibility index (Phi) is 6.68. The van der Waals surface area contributed by atoms with Gasteiger partial charge in [-0.25, -0.2) is 12.7 Å². The van der Waals surface area contributed by atoms with Crippen molar-refractivity contribution in [2.75, 3.05) is 19.6 Å². The van der Waals surface area contributed by atoms with Gasteiger partial charge in [0.05, 0.1) is 12.0 Å². The number of rotatable bonds is 8. The predicted octanol–water partition coefficient (Wildman–Crippen LogP) is 2.96. The first kappa shape index (κ1) is 19.6. The summed E-state index contributed by atoms with van der Waals surface area (Å²) >= 11 is 0. The predicted molar refractivity (Wildman–Crippen MR) is 104 cm³/mol. The molecule has 1 saturated heterocycles. The van der Waals surface area contributed by atoms with E-state index in [4.69, 9.17) is 4.42 Å². The van der Waals surface area contributed by atoms with E-state index >= 15 is 0 Å². The molecule has 0 bridgehead atoms. The average molecular weight is 391 g/mol. The second-order valence-electron chi connectivity index (χ2n) is 6.85. The molecule has 0 saturated carbocycles. The highest BCUT2D eigenvalue weighted by molar-refractivity contribution is 7.88. The Bertz CT molecular complexity index is 823. The number of benzene rings is 1. The molecular weight excluding hydrogens is 364 g/mol. The first-order valence-corrected chi connectivity index (χ1v) is 11.0. The van der Waals surface area contributed by atoms with Gasteiger partial charge in [-0.05, 0) is 49.1 Å². The fourth-order valence-electron chi connectivity index (χ4n) is 3.22. The molecule has 0 spiro atoms. The van der Waals surface area contributed by atoms with Crippen LogP contribution >= 0.6 is 0 Å². The third kappa shape index (κ3) is 5.68. The van der Waals surface area contributed by atoms with Gasteiger partial charge in [0.15, 0.2) is 0 Å². The fourth-order valence-corrected chi connectivity index (χ4v) is 4.83. The molecule has 0 unspecified atom stereocenters. The van der Waals surface area contributed by atoms with Crippen molar-refractivity contribution in [1.82, 2.24) is 9.62 Å². The van der Waals surface area contributed by atoms with Gasteiger partial charge in [0.25, 0.3) is 5.91 Å². The fraction of sp³-hybridized carbons (Fsp3) is 0.450. The molecule has 2 aromatic rings. The molecule has 0 atom stereocenters. The minimum Gasteiger partial charge on any atom is -0.469 e. The standard InChI is InChI=1S/C20H26N2O4S/c23-20(21-12-4-6-19-7-5-15-26-19)18-10-8-17(9-11-18)16-27(24,25)22-13-2-1-3-14-22/h5,7-11,15H,1-4,6,12-14,16H2,(H,21,23). The highest BCUT2D eigenvalue weighted by Gasteiger charge is 2.24. The number of hydrogen-bond donors (Lipinski definition) is 1. The summed E-state index contributed by atoms with van der Waals surface area (Å²) < 4.78 is 31.8. The molecule has 27 heavy (non-hydrogen) atoms. The molecule has 1 aromatic carbocycles. The normalized spacial score (nSPS) is 15.6. The Hall–Kier alpha value is -2.12. The van der Waals surface area contributed by atoms with Crippen LogP contribution in [0.1, 0.15) is 47.4 Å². The van der Waals surface area contributed by atoms with Gasteiger partial charge in [0.2, 0.25) is 10.0 Å². The quantitative estimate of drug-likeness (QED) is 0.703. The molecule has 1 N–H and O–H groups in total. The van der Waals surface area contributed by atoms with Crippen molar-refractivity contribution >= 4 is 15.9 Å². The smallest absolute Gasteiger partial charge is 0.251 e. The molecular formula is C20H26N2O4S. The van der Waals surface area contributed by atoms with Crippen LogP contribution in [0.3, 0.4) is 0 Å². The minimum absolute atomic E-state index is 0.0158. The van der Waals surface area contributed by atoms with E-state index in [9.17, 15) is 13.2 Å². The van der Waals surface area contributed by atoms with Crippen LogP contribution in [0.5, 0.6) is 0 Å². The van der Waals surface area contributed by atoms with E-state index in [0.717, 1.165) is 37.9 Å². The van der Waals surface area contributed by atoms with Gasteiger partial charge in [-0.3, -0.25) is 4.79 Å². The lowest BCUT2D eigenvalue weighted by atomic mass is 10.1. The molecule has 2 heterocycles. The summed E-state index contributed by atoms with van der Waals surface area (Å²) in [6.07, 6.45) is 6.17. The van der Waals surface area contributed by atoms with Gasteiger partial charge in [-0.15, -0.1) is 0 Å². The third-order valence-corrected chi connectivity index (χ3v) is 6.59. The van der Waals surface area contributed by atoms with E-state index in [1.807, 2.05) is 12.1 Å². The zero-order valence-corrected chi connectivity index (χ0v) is 16.2. The first-order chi connectivity index (χ1) is 13.0. The highest BCUT2D eigenvalue weighted by Crippen LogP contribution is 2.17. The number of nitrogens with one attached hydrogen (secondary N) is 1. The van der Waals surface area contributed by atoms with Crippen LogP contribution in [0.2, 0.25) is 0 Å². The van der Waals surface area contributed by atoms with Crippen LogP contribution in [-0.4, -0.2) is 38.3 Å². The number of hydrogen-bond acceptors (Lipinski definition) is 4. The summed E-state index contributed by atoms with van der Waals surface area (Å²) in [6.45, 7) is 1.78. The van der Waals surface area contributed by atoms with Crippen molar-refractivity contribution in [3.05, 3.63) is 59.5 Å². The van der Waals surface area contributed by atoms with E-state index in [2.05, 4.69) is 5.32 Å². The van der Waals surface area contributed by atoms with Crippen LogP contribution in [0.15, 0.2) is 47.1 Å². The monoisotopic (exact) mass is 390 g/mol. The maximum Gasteiger partial charge on any atom is 0.251 e. The molecule has 146 valence electrons. The maximum absolute atomic E-state index is 12.5. The number of furan rings is 1. The van der Waals surface area contributed by atoms with Crippen LogP contribution in [-0.2, 0) is 22.2 Å². The van der Waals surface area contributed by atoms with Gasteiger partial charge in [0, 0.05) is 31.6 Å². The van der Waals surface area contributed by atoms with E-state index < -0.39 is 10.0 Å². The number of carbonyl (C=O) groups excluding carboxylic acids is 1. The first-order valence-electron chi connectivity index (χ1n) is 9.42. The zero-order chi connectivity index (χ0) is 19.1. The van der Waals surface area contributed by atoms with Crippen molar-refractivity contribution in [2.45, 2.75) is 37.9 Å². The second-order valence-corrected chi connectivity index (χ2v) is 8.82. The summed E-state index contributed by atoms with van der Waals surface area (Å²) in [6, 6.07) is 10.6. The van der Waals surface area contributed by atoms with Crippen molar-refractivity contribution in [3.63, 3.8) is 0 Å². The summed E-state index contributed by atoms with van der Waals surface area (Å²) in [5.41, 5.74) is 1.24. The Morgan fingerprint density at radius 1 is 1.07 bits per heavy atom. The average Bonchev–Trinajstić information content (AvgIpc) is 3.20. The van der Waals surface area contributed by atoms with Gasteiger partial charge >= 0.3 is 0 Å². The number of carbonyl (C=O) groups is 1. The lowest BCUT2D eigenvalue weighted by Crippen LogP contribution is -2.36. The van der Waals surface area contributed by atoms with E-state index in [-0.39, 0.29) is 11.7 Å². The van der Waals surface area contributed by atoms with Gasteiger partial charge < -0.3 is 9.73 Å². The molecule has 0 aliphatic carbocycles. The van der Waals surface area contributed by atoms with Crippen LogP contribution < -0.4 is 5.32 Å². The molecule has 6 nitrogen and oxygen atoms in total. The Morgan fingerprint density at radius 2 is 1.81 bits per heavy atom. The van der Waals surface area contributed by atoms with Crippen LogP contribution in [0.25, 0.3) is 0 Å². The Labute approximate surface area is 160 Å². The molecule has 3 rings (SSSR count). The lowest BCUT2D eigenvalue weighted by molar-refractivity contribution is 0.0953. The van der Waals surface area contributed by atoms with Crippen molar-refractivity contribution < 1.29 is 17.6 Å². The molecule has 1 amide bonds. The van der Waals surface area contributed by atoms with Crippen molar-refractivity contribution in [1.29, 1.82) is 0 Å². The number of amides is 1. The molecule has 7 heteroatoms. The number of nitrogens with zero attached hydrogens (tertiary/aromatic N) is 1. The largest absolute Gasteiger partial charge is 0.469 e. The maximum atomic E-state index is 12.5. The minimum atomic E-state index is -3.28. The SMILES string of the molecule is O=C(NCCCc1ccco1)c1ccc(CS(=O)(=O)N2CCCCC2)cc1. The number of piperidine rings is 1. The van der Waals surface area contributed by atoms with E-state index in [0.29, 0.717) is 30.8 Å². The lowest BCUT2D eigenvalue weighted by Gasteiger charge is -2.25. The van der Waals surface area contributed by atoms with E-state index in [1.54, 1.807) is 34.8 Å². The number of sulfonamides is 1. The zero-order valence-electron chi connectivity index (χ0n) is 15.4. The summed E-state index contributed by atoms with van der Waals surface area (Å²) in [5, 5.41) is 2.87. The van der Waals surface area contributed by atoms with Gasteiger partial charge in [0.1, 0.15) is 5.76 Å². The molecule has 0 radical (unpaired) electrons. The van der Waals surface area contributed by atoms with Gasteiger partial charge in [-0.1, -0.05) is 18.6 Å².